The second-order valence-corrected chi connectivity index (χ2v) is 7.62. The van der Waals surface area contributed by atoms with Crippen molar-refractivity contribution in [1.82, 2.24) is 4.90 Å². The number of nitrogens with zero attached hydrogens (tertiary/aromatic N) is 1. The maximum absolute atomic E-state index is 12.6. The quantitative estimate of drug-likeness (QED) is 0.438. The minimum atomic E-state index is -0.695. The molecule has 0 aromatic heterocycles. The lowest BCUT2D eigenvalue weighted by Crippen LogP contribution is -2.38. The van der Waals surface area contributed by atoms with Gasteiger partial charge in [0.05, 0.1) is 12.6 Å². The van der Waals surface area contributed by atoms with Gasteiger partial charge >= 0.3 is 0 Å². The SMILES string of the molecule is O=C(CN(Cc1ccccc1)C[C@@H](O)CCl)Nc1ccc(OCc2ccccc2)cc1. The van der Waals surface area contributed by atoms with Gasteiger partial charge in [-0.25, -0.2) is 0 Å². The van der Waals surface area contributed by atoms with E-state index in [0.717, 1.165) is 16.9 Å². The molecule has 3 rings (SSSR count). The first-order valence-electron chi connectivity index (χ1n) is 10.2. The molecule has 0 saturated carbocycles. The molecule has 0 saturated heterocycles. The molecular weight excluding hydrogens is 412 g/mol. The van der Waals surface area contributed by atoms with Gasteiger partial charge < -0.3 is 15.2 Å². The molecule has 162 valence electrons. The van der Waals surface area contributed by atoms with E-state index >= 15 is 0 Å². The zero-order chi connectivity index (χ0) is 21.9. The number of ether oxygens (including phenoxy) is 1. The van der Waals surface area contributed by atoms with Crippen molar-refractivity contribution in [2.45, 2.75) is 19.3 Å². The van der Waals surface area contributed by atoms with Crippen LogP contribution in [-0.2, 0) is 17.9 Å². The molecule has 1 atom stereocenters. The van der Waals surface area contributed by atoms with Crippen molar-refractivity contribution < 1.29 is 14.6 Å². The first-order valence-corrected chi connectivity index (χ1v) is 10.7. The van der Waals surface area contributed by atoms with Crippen LogP contribution < -0.4 is 10.1 Å². The van der Waals surface area contributed by atoms with Gasteiger partial charge in [0.25, 0.3) is 0 Å². The first-order chi connectivity index (χ1) is 15.1. The fraction of sp³-hybridized carbons (Fsp3) is 0.240. The average Bonchev–Trinajstić information content (AvgIpc) is 2.80. The van der Waals surface area contributed by atoms with E-state index in [1.54, 1.807) is 0 Å². The fourth-order valence-corrected chi connectivity index (χ4v) is 3.25. The molecule has 3 aromatic carbocycles. The van der Waals surface area contributed by atoms with Crippen LogP contribution in [0.1, 0.15) is 11.1 Å². The lowest BCUT2D eigenvalue weighted by atomic mass is 10.2. The minimum Gasteiger partial charge on any atom is -0.489 e. The Morgan fingerprint density at radius 2 is 1.55 bits per heavy atom. The summed E-state index contributed by atoms with van der Waals surface area (Å²) in [5, 5.41) is 12.9. The third kappa shape index (κ3) is 8.06. The van der Waals surface area contributed by atoms with Crippen LogP contribution >= 0.6 is 11.6 Å². The molecule has 0 radical (unpaired) electrons. The number of anilines is 1. The maximum atomic E-state index is 12.6. The topological polar surface area (TPSA) is 61.8 Å². The Morgan fingerprint density at radius 3 is 2.16 bits per heavy atom. The Bertz CT molecular complexity index is 921. The molecule has 0 fully saturated rings. The van der Waals surface area contributed by atoms with E-state index in [9.17, 15) is 9.90 Å². The van der Waals surface area contributed by atoms with Crippen molar-refractivity contribution in [2.24, 2.45) is 0 Å². The van der Waals surface area contributed by atoms with E-state index in [2.05, 4.69) is 5.32 Å². The van der Waals surface area contributed by atoms with E-state index in [1.807, 2.05) is 89.8 Å². The van der Waals surface area contributed by atoms with Crippen molar-refractivity contribution in [3.63, 3.8) is 0 Å². The summed E-state index contributed by atoms with van der Waals surface area (Å²) in [4.78, 5) is 14.5. The summed E-state index contributed by atoms with van der Waals surface area (Å²) in [5.41, 5.74) is 2.85. The second-order valence-electron chi connectivity index (χ2n) is 7.31. The summed E-state index contributed by atoms with van der Waals surface area (Å²) in [6.45, 7) is 1.51. The minimum absolute atomic E-state index is 0.122. The van der Waals surface area contributed by atoms with Crippen LogP contribution in [0.25, 0.3) is 0 Å². The highest BCUT2D eigenvalue weighted by molar-refractivity contribution is 6.18. The largest absolute Gasteiger partial charge is 0.489 e. The van der Waals surface area contributed by atoms with E-state index in [1.165, 1.54) is 0 Å². The normalized spacial score (nSPS) is 11.8. The zero-order valence-electron chi connectivity index (χ0n) is 17.3. The van der Waals surface area contributed by atoms with Gasteiger partial charge in [0.1, 0.15) is 12.4 Å². The Morgan fingerprint density at radius 1 is 0.935 bits per heavy atom. The Labute approximate surface area is 188 Å². The van der Waals surface area contributed by atoms with Crippen LogP contribution in [0.3, 0.4) is 0 Å². The van der Waals surface area contributed by atoms with Gasteiger partial charge in [0, 0.05) is 24.7 Å². The number of aliphatic hydroxyl groups is 1. The summed E-state index contributed by atoms with van der Waals surface area (Å²) in [5.74, 6) is 0.700. The van der Waals surface area contributed by atoms with Gasteiger partial charge in [0.15, 0.2) is 0 Å². The summed E-state index contributed by atoms with van der Waals surface area (Å²) in [6.07, 6.45) is -0.695. The van der Waals surface area contributed by atoms with Crippen LogP contribution in [0.15, 0.2) is 84.9 Å². The van der Waals surface area contributed by atoms with Crippen LogP contribution in [0.2, 0.25) is 0 Å². The Kier molecular flexibility index (Phi) is 8.91. The number of hydrogen-bond donors (Lipinski definition) is 2. The van der Waals surface area contributed by atoms with Crippen LogP contribution in [0, 0.1) is 0 Å². The van der Waals surface area contributed by atoms with E-state index < -0.39 is 6.10 Å². The third-order valence-electron chi connectivity index (χ3n) is 4.65. The van der Waals surface area contributed by atoms with E-state index in [4.69, 9.17) is 16.3 Å². The molecule has 31 heavy (non-hydrogen) atoms. The van der Waals surface area contributed by atoms with Gasteiger partial charge in [-0.15, -0.1) is 11.6 Å². The van der Waals surface area contributed by atoms with Crippen LogP contribution in [0.5, 0.6) is 5.75 Å². The number of nitrogens with one attached hydrogen (secondary N) is 1. The number of halogens is 1. The smallest absolute Gasteiger partial charge is 0.238 e. The average molecular weight is 439 g/mol. The number of aliphatic hydroxyl groups excluding tert-OH is 1. The summed E-state index contributed by atoms with van der Waals surface area (Å²) >= 11 is 5.76. The highest BCUT2D eigenvalue weighted by Gasteiger charge is 2.15. The summed E-state index contributed by atoms with van der Waals surface area (Å²) in [7, 11) is 0. The molecule has 1 amide bonds. The maximum Gasteiger partial charge on any atom is 0.238 e. The highest BCUT2D eigenvalue weighted by Crippen LogP contribution is 2.17. The lowest BCUT2D eigenvalue weighted by Gasteiger charge is -2.24. The molecule has 0 heterocycles. The zero-order valence-corrected chi connectivity index (χ0v) is 18.0. The van der Waals surface area contributed by atoms with Gasteiger partial charge in [-0.05, 0) is 35.4 Å². The van der Waals surface area contributed by atoms with Crippen molar-refractivity contribution in [3.05, 3.63) is 96.1 Å². The van der Waals surface area contributed by atoms with E-state index in [-0.39, 0.29) is 18.3 Å². The van der Waals surface area contributed by atoms with E-state index in [0.29, 0.717) is 25.4 Å². The van der Waals surface area contributed by atoms with Crippen molar-refractivity contribution in [3.8, 4) is 5.75 Å². The number of benzene rings is 3. The molecule has 0 bridgehead atoms. The Hall–Kier alpha value is -2.86. The number of carbonyl (C=O) groups is 1. The molecule has 0 unspecified atom stereocenters. The van der Waals surface area contributed by atoms with Crippen molar-refractivity contribution in [1.29, 1.82) is 0 Å². The summed E-state index contributed by atoms with van der Waals surface area (Å²) in [6, 6.07) is 27.1. The van der Waals surface area contributed by atoms with Gasteiger partial charge in [-0.2, -0.15) is 0 Å². The number of alkyl halides is 1. The molecule has 3 aromatic rings. The van der Waals surface area contributed by atoms with Gasteiger partial charge in [0.2, 0.25) is 5.91 Å². The molecule has 0 spiro atoms. The van der Waals surface area contributed by atoms with Gasteiger partial charge in [-0.3, -0.25) is 9.69 Å². The molecule has 6 heteroatoms. The molecular formula is C25H27ClN2O3. The number of amides is 1. The monoisotopic (exact) mass is 438 g/mol. The first kappa shape index (κ1) is 22.8. The molecule has 5 nitrogen and oxygen atoms in total. The standard InChI is InChI=1S/C25H27ClN2O3/c26-15-23(29)17-28(16-20-7-3-1-4-8-20)18-25(30)27-22-11-13-24(14-12-22)31-19-21-9-5-2-6-10-21/h1-14,23,29H,15-19H2,(H,27,30)/t23-/m0/s1. The number of hydrogen-bond acceptors (Lipinski definition) is 4. The third-order valence-corrected chi connectivity index (χ3v) is 5.01. The number of carbonyl (C=O) groups excluding carboxylic acids is 1. The molecule has 2 N–H and O–H groups in total. The summed E-state index contributed by atoms with van der Waals surface area (Å²) < 4.78 is 5.78. The Balaban J connectivity index is 1.53. The predicted molar refractivity (Wildman–Crippen MR) is 124 cm³/mol. The predicted octanol–water partition coefficient (Wildman–Crippen LogP) is 4.31. The van der Waals surface area contributed by atoms with Crippen LogP contribution in [0.4, 0.5) is 5.69 Å². The van der Waals surface area contributed by atoms with Crippen LogP contribution in [-0.4, -0.2) is 41.0 Å². The fourth-order valence-electron chi connectivity index (χ4n) is 3.15. The lowest BCUT2D eigenvalue weighted by molar-refractivity contribution is -0.117. The van der Waals surface area contributed by atoms with Gasteiger partial charge in [-0.1, -0.05) is 60.7 Å². The highest BCUT2D eigenvalue weighted by atomic mass is 35.5. The molecule has 0 aliphatic carbocycles. The van der Waals surface area contributed by atoms with Crippen molar-refractivity contribution in [2.75, 3.05) is 24.3 Å². The molecule has 0 aliphatic rings. The number of rotatable bonds is 11. The van der Waals surface area contributed by atoms with Crippen molar-refractivity contribution >= 4 is 23.2 Å². The molecule has 0 aliphatic heterocycles. The second kappa shape index (κ2) is 12.1.